The minimum atomic E-state index is -3.14. The van der Waals surface area contributed by atoms with Gasteiger partial charge in [-0.1, -0.05) is 0 Å². The Balaban J connectivity index is 1.72. The van der Waals surface area contributed by atoms with Crippen LogP contribution in [0.5, 0.6) is 0 Å². The summed E-state index contributed by atoms with van der Waals surface area (Å²) in [7, 11) is -3.14. The van der Waals surface area contributed by atoms with Crippen molar-refractivity contribution in [3.63, 3.8) is 0 Å². The summed E-state index contributed by atoms with van der Waals surface area (Å²) in [6.45, 7) is 6.50. The molecule has 8 heteroatoms. The van der Waals surface area contributed by atoms with E-state index in [9.17, 15) is 13.2 Å². The summed E-state index contributed by atoms with van der Waals surface area (Å²) in [4.78, 5) is 16.4. The van der Waals surface area contributed by atoms with Gasteiger partial charge in [0.05, 0.1) is 37.1 Å². The van der Waals surface area contributed by atoms with Crippen LogP contribution in [0.1, 0.15) is 24.9 Å². The summed E-state index contributed by atoms with van der Waals surface area (Å²) in [5.41, 5.74) is 0. The highest BCUT2D eigenvalue weighted by molar-refractivity contribution is 7.91. The van der Waals surface area contributed by atoms with E-state index in [2.05, 4.69) is 4.90 Å². The van der Waals surface area contributed by atoms with Crippen molar-refractivity contribution in [2.24, 2.45) is 0 Å². The standard InChI is InChI=1S/C17H26N2O5S/c1-3-23-9-6-17(20)19-8-7-18(10-14-5-4-13(2)24-14)15-11-25(21,22)12-16(15)19/h4-5,15-16H,3,6-12H2,1-2H3/t15-,16+/m1/s1. The molecule has 2 atom stereocenters. The zero-order chi connectivity index (χ0) is 18.0. The Morgan fingerprint density at radius 3 is 2.72 bits per heavy atom. The van der Waals surface area contributed by atoms with Gasteiger partial charge in [-0.2, -0.15) is 0 Å². The molecule has 2 fully saturated rings. The Kier molecular flexibility index (Phi) is 5.50. The van der Waals surface area contributed by atoms with Gasteiger partial charge in [-0.15, -0.1) is 0 Å². The number of hydrogen-bond acceptors (Lipinski definition) is 6. The number of ether oxygens (including phenoxy) is 1. The number of furan rings is 1. The molecule has 2 saturated heterocycles. The van der Waals surface area contributed by atoms with Crippen molar-refractivity contribution in [2.45, 2.75) is 38.9 Å². The van der Waals surface area contributed by atoms with Gasteiger partial charge in [-0.3, -0.25) is 9.69 Å². The SMILES string of the molecule is CCOCCC(=O)N1CCN(Cc2ccc(C)o2)[C@@H]2CS(=O)(=O)C[C@@H]21. The third kappa shape index (κ3) is 4.24. The van der Waals surface area contributed by atoms with Gasteiger partial charge in [0, 0.05) is 25.7 Å². The van der Waals surface area contributed by atoms with E-state index in [1.165, 1.54) is 0 Å². The van der Waals surface area contributed by atoms with Gasteiger partial charge in [0.15, 0.2) is 9.84 Å². The molecule has 1 aromatic heterocycles. The molecule has 25 heavy (non-hydrogen) atoms. The van der Waals surface area contributed by atoms with Crippen molar-refractivity contribution >= 4 is 15.7 Å². The number of nitrogens with zero attached hydrogens (tertiary/aromatic N) is 2. The molecule has 0 spiro atoms. The normalized spacial score (nSPS) is 25.9. The molecule has 140 valence electrons. The smallest absolute Gasteiger partial charge is 0.225 e. The average molecular weight is 370 g/mol. The number of piperazine rings is 1. The van der Waals surface area contributed by atoms with Crippen LogP contribution >= 0.6 is 0 Å². The minimum absolute atomic E-state index is 0.0194. The third-order valence-corrected chi connectivity index (χ3v) is 6.63. The summed E-state index contributed by atoms with van der Waals surface area (Å²) in [6, 6.07) is 3.39. The van der Waals surface area contributed by atoms with Crippen LogP contribution < -0.4 is 0 Å². The number of aryl methyl sites for hydroxylation is 1. The van der Waals surface area contributed by atoms with Crippen LogP contribution in [0, 0.1) is 6.92 Å². The van der Waals surface area contributed by atoms with Gasteiger partial charge in [-0.05, 0) is 26.0 Å². The fourth-order valence-electron chi connectivity index (χ4n) is 3.75. The van der Waals surface area contributed by atoms with Crippen LogP contribution in [-0.4, -0.2) is 74.0 Å². The van der Waals surface area contributed by atoms with Crippen LogP contribution in [0.3, 0.4) is 0 Å². The lowest BCUT2D eigenvalue weighted by Crippen LogP contribution is -2.60. The molecular weight excluding hydrogens is 344 g/mol. The van der Waals surface area contributed by atoms with E-state index >= 15 is 0 Å². The van der Waals surface area contributed by atoms with Crippen molar-refractivity contribution in [1.29, 1.82) is 0 Å². The van der Waals surface area contributed by atoms with Crippen molar-refractivity contribution < 1.29 is 22.4 Å². The van der Waals surface area contributed by atoms with Gasteiger partial charge in [0.1, 0.15) is 11.5 Å². The lowest BCUT2D eigenvalue weighted by Gasteiger charge is -2.43. The Morgan fingerprint density at radius 2 is 2.04 bits per heavy atom. The number of rotatable bonds is 6. The number of hydrogen-bond donors (Lipinski definition) is 0. The zero-order valence-corrected chi connectivity index (χ0v) is 15.6. The molecule has 0 unspecified atom stereocenters. The van der Waals surface area contributed by atoms with Crippen molar-refractivity contribution in [1.82, 2.24) is 9.80 Å². The molecule has 0 aromatic carbocycles. The van der Waals surface area contributed by atoms with Crippen molar-refractivity contribution in [2.75, 3.05) is 37.8 Å². The molecule has 0 saturated carbocycles. The lowest BCUT2D eigenvalue weighted by molar-refractivity contribution is -0.138. The summed E-state index contributed by atoms with van der Waals surface area (Å²) in [5, 5.41) is 0. The third-order valence-electron chi connectivity index (χ3n) is 4.93. The maximum atomic E-state index is 12.5. The Hall–Kier alpha value is -1.38. The highest BCUT2D eigenvalue weighted by Gasteiger charge is 2.47. The predicted molar refractivity (Wildman–Crippen MR) is 92.9 cm³/mol. The molecule has 1 amide bonds. The first-order valence-corrected chi connectivity index (χ1v) is 10.6. The molecule has 7 nitrogen and oxygen atoms in total. The van der Waals surface area contributed by atoms with Crippen LogP contribution in [0.25, 0.3) is 0 Å². The predicted octanol–water partition coefficient (Wildman–Crippen LogP) is 0.824. The Bertz CT molecular complexity index is 714. The first-order chi connectivity index (χ1) is 11.9. The maximum Gasteiger partial charge on any atom is 0.225 e. The van der Waals surface area contributed by atoms with E-state index < -0.39 is 9.84 Å². The molecule has 2 aliphatic heterocycles. The van der Waals surface area contributed by atoms with E-state index in [1.807, 2.05) is 26.0 Å². The van der Waals surface area contributed by atoms with E-state index in [-0.39, 0.29) is 29.5 Å². The zero-order valence-electron chi connectivity index (χ0n) is 14.8. The number of amides is 1. The second kappa shape index (κ2) is 7.47. The van der Waals surface area contributed by atoms with E-state index in [0.29, 0.717) is 39.3 Å². The second-order valence-electron chi connectivity index (χ2n) is 6.73. The van der Waals surface area contributed by atoms with E-state index in [4.69, 9.17) is 9.15 Å². The fraction of sp³-hybridized carbons (Fsp3) is 0.706. The summed E-state index contributed by atoms with van der Waals surface area (Å²) in [6.07, 6.45) is 0.300. The molecular formula is C17H26N2O5S. The van der Waals surface area contributed by atoms with Crippen LogP contribution in [0.15, 0.2) is 16.5 Å². The topological polar surface area (TPSA) is 80.1 Å². The molecule has 1 aromatic rings. The first kappa shape index (κ1) is 18.4. The van der Waals surface area contributed by atoms with Gasteiger partial charge < -0.3 is 14.1 Å². The van der Waals surface area contributed by atoms with Crippen molar-refractivity contribution in [3.8, 4) is 0 Å². The average Bonchev–Trinajstić information content (AvgIpc) is 3.09. The fourth-order valence-corrected chi connectivity index (χ4v) is 5.76. The highest BCUT2D eigenvalue weighted by atomic mass is 32.2. The molecule has 0 bridgehead atoms. The first-order valence-electron chi connectivity index (χ1n) is 8.76. The van der Waals surface area contributed by atoms with Crippen molar-refractivity contribution in [3.05, 3.63) is 23.7 Å². The molecule has 0 radical (unpaired) electrons. The van der Waals surface area contributed by atoms with Gasteiger partial charge in [-0.25, -0.2) is 8.42 Å². The van der Waals surface area contributed by atoms with Gasteiger partial charge >= 0.3 is 0 Å². The molecule has 3 heterocycles. The molecule has 3 rings (SSSR count). The van der Waals surface area contributed by atoms with E-state index in [0.717, 1.165) is 11.5 Å². The molecule has 0 N–H and O–H groups in total. The number of sulfone groups is 1. The lowest BCUT2D eigenvalue weighted by atomic mass is 10.0. The number of carbonyl (C=O) groups is 1. The second-order valence-corrected chi connectivity index (χ2v) is 8.88. The van der Waals surface area contributed by atoms with E-state index in [1.54, 1.807) is 4.90 Å². The van der Waals surface area contributed by atoms with Crippen LogP contribution in [0.2, 0.25) is 0 Å². The summed E-state index contributed by atoms with van der Waals surface area (Å²) < 4.78 is 35.3. The van der Waals surface area contributed by atoms with Crippen LogP contribution in [-0.2, 0) is 25.9 Å². The minimum Gasteiger partial charge on any atom is -0.465 e. The summed E-state index contributed by atoms with van der Waals surface area (Å²) >= 11 is 0. The maximum absolute atomic E-state index is 12.5. The summed E-state index contributed by atoms with van der Waals surface area (Å²) in [5.74, 6) is 1.80. The largest absolute Gasteiger partial charge is 0.465 e. The van der Waals surface area contributed by atoms with Gasteiger partial charge in [0.2, 0.25) is 5.91 Å². The molecule has 0 aliphatic carbocycles. The quantitative estimate of drug-likeness (QED) is 0.690. The van der Waals surface area contributed by atoms with Crippen LogP contribution in [0.4, 0.5) is 0 Å². The molecule has 2 aliphatic rings. The number of carbonyl (C=O) groups excluding carboxylic acids is 1. The monoisotopic (exact) mass is 370 g/mol. The Labute approximate surface area is 148 Å². The number of fused-ring (bicyclic) bond motifs is 1. The Morgan fingerprint density at radius 1 is 1.28 bits per heavy atom. The highest BCUT2D eigenvalue weighted by Crippen LogP contribution is 2.29. The van der Waals surface area contributed by atoms with Gasteiger partial charge in [0.25, 0.3) is 0 Å².